The Balaban J connectivity index is 1.80. The molecule has 118 valence electrons. The molecule has 0 aliphatic heterocycles. The van der Waals surface area contributed by atoms with E-state index in [4.69, 9.17) is 16.3 Å². The Morgan fingerprint density at radius 2 is 2.04 bits per heavy atom. The first-order valence-electron chi connectivity index (χ1n) is 7.22. The lowest BCUT2D eigenvalue weighted by Gasteiger charge is -2.10. The Kier molecular flexibility index (Phi) is 5.03. The van der Waals surface area contributed by atoms with Crippen LogP contribution in [0.5, 0.6) is 5.75 Å². The van der Waals surface area contributed by atoms with E-state index in [1.807, 2.05) is 48.8 Å². The maximum absolute atomic E-state index is 6.05. The maximum atomic E-state index is 6.05. The highest BCUT2D eigenvalue weighted by atomic mass is 79.9. The molecule has 23 heavy (non-hydrogen) atoms. The van der Waals surface area contributed by atoms with Crippen LogP contribution in [0.25, 0.3) is 0 Å². The molecular weight excluding hydrogens is 376 g/mol. The Morgan fingerprint density at radius 1 is 1.17 bits per heavy atom. The second-order valence-electron chi connectivity index (χ2n) is 5.25. The molecule has 1 heterocycles. The van der Waals surface area contributed by atoms with E-state index < -0.39 is 0 Å². The van der Waals surface area contributed by atoms with Gasteiger partial charge in [-0.1, -0.05) is 29.8 Å². The van der Waals surface area contributed by atoms with Gasteiger partial charge in [-0.2, -0.15) is 0 Å². The molecule has 0 aliphatic rings. The second-order valence-corrected chi connectivity index (χ2v) is 6.51. The lowest BCUT2D eigenvalue weighted by atomic mass is 10.1. The lowest BCUT2D eigenvalue weighted by molar-refractivity contribution is 0.414. The van der Waals surface area contributed by atoms with Crippen LogP contribution in [0.1, 0.15) is 17.0 Å². The minimum Gasteiger partial charge on any atom is -0.497 e. The van der Waals surface area contributed by atoms with Crippen LogP contribution in [0.15, 0.2) is 59.3 Å². The van der Waals surface area contributed by atoms with Gasteiger partial charge in [0.15, 0.2) is 0 Å². The van der Waals surface area contributed by atoms with Crippen LogP contribution in [0.2, 0.25) is 5.02 Å². The van der Waals surface area contributed by atoms with Crippen LogP contribution in [0, 0.1) is 0 Å². The summed E-state index contributed by atoms with van der Waals surface area (Å²) in [5.74, 6) is 1.88. The van der Waals surface area contributed by atoms with Crippen molar-refractivity contribution in [3.05, 3.63) is 81.3 Å². The van der Waals surface area contributed by atoms with Crippen molar-refractivity contribution in [1.82, 2.24) is 9.55 Å². The fraction of sp³-hybridized carbons (Fsp3) is 0.167. The highest BCUT2D eigenvalue weighted by Gasteiger charge is 2.07. The molecule has 3 nitrogen and oxygen atoms in total. The topological polar surface area (TPSA) is 27.1 Å². The van der Waals surface area contributed by atoms with Gasteiger partial charge in [0.25, 0.3) is 0 Å². The van der Waals surface area contributed by atoms with Crippen molar-refractivity contribution in [2.45, 2.75) is 13.0 Å². The second kappa shape index (κ2) is 7.20. The van der Waals surface area contributed by atoms with Gasteiger partial charge in [-0.05, 0) is 51.3 Å². The van der Waals surface area contributed by atoms with Crippen molar-refractivity contribution in [3.63, 3.8) is 0 Å². The minimum absolute atomic E-state index is 0.716. The molecule has 3 aromatic rings. The van der Waals surface area contributed by atoms with Crippen molar-refractivity contribution < 1.29 is 4.74 Å². The number of benzene rings is 2. The average Bonchev–Trinajstić information content (AvgIpc) is 2.98. The third-order valence-electron chi connectivity index (χ3n) is 3.64. The van der Waals surface area contributed by atoms with E-state index >= 15 is 0 Å². The van der Waals surface area contributed by atoms with E-state index in [1.54, 1.807) is 7.11 Å². The SMILES string of the molecule is COc1cccc(Cn2ccnc2Cc2ccc(Cl)c(Br)c2)c1. The van der Waals surface area contributed by atoms with Gasteiger partial charge in [0.1, 0.15) is 11.6 Å². The largest absolute Gasteiger partial charge is 0.497 e. The first-order chi connectivity index (χ1) is 11.2. The Hall–Kier alpha value is -1.78. The molecule has 5 heteroatoms. The average molecular weight is 392 g/mol. The molecule has 1 aromatic heterocycles. The number of hydrogen-bond donors (Lipinski definition) is 0. The molecule has 0 fully saturated rings. The predicted molar refractivity (Wildman–Crippen MR) is 96.3 cm³/mol. The number of methoxy groups -OCH3 is 1. The van der Waals surface area contributed by atoms with Gasteiger partial charge in [-0.25, -0.2) is 4.98 Å². The number of aromatic nitrogens is 2. The third kappa shape index (κ3) is 3.95. The van der Waals surface area contributed by atoms with Crippen molar-refractivity contribution in [1.29, 1.82) is 0 Å². The first kappa shape index (κ1) is 16.1. The number of nitrogens with zero attached hydrogens (tertiary/aromatic N) is 2. The fourth-order valence-corrected chi connectivity index (χ4v) is 2.99. The van der Waals surface area contributed by atoms with E-state index in [0.29, 0.717) is 5.02 Å². The van der Waals surface area contributed by atoms with Crippen LogP contribution < -0.4 is 4.74 Å². The van der Waals surface area contributed by atoms with Crippen molar-refractivity contribution in [2.75, 3.05) is 7.11 Å². The van der Waals surface area contributed by atoms with Crippen molar-refractivity contribution in [2.24, 2.45) is 0 Å². The zero-order chi connectivity index (χ0) is 16.2. The molecule has 0 saturated carbocycles. The lowest BCUT2D eigenvalue weighted by Crippen LogP contribution is -2.05. The number of imidazole rings is 1. The zero-order valence-electron chi connectivity index (χ0n) is 12.7. The smallest absolute Gasteiger partial charge is 0.119 e. The summed E-state index contributed by atoms with van der Waals surface area (Å²) in [6.45, 7) is 0.765. The number of rotatable bonds is 5. The third-order valence-corrected chi connectivity index (χ3v) is 4.85. The van der Waals surface area contributed by atoms with Crippen LogP contribution in [0.4, 0.5) is 0 Å². The molecule has 0 atom stereocenters. The molecule has 0 saturated heterocycles. The van der Waals surface area contributed by atoms with Crippen molar-refractivity contribution in [3.8, 4) is 5.75 Å². The van der Waals surface area contributed by atoms with Crippen molar-refractivity contribution >= 4 is 27.5 Å². The summed E-state index contributed by atoms with van der Waals surface area (Å²) in [6, 6.07) is 14.0. The van der Waals surface area contributed by atoms with Gasteiger partial charge in [-0.3, -0.25) is 0 Å². The molecule has 3 rings (SSSR count). The molecule has 0 amide bonds. The van der Waals surface area contributed by atoms with E-state index in [-0.39, 0.29) is 0 Å². The summed E-state index contributed by atoms with van der Waals surface area (Å²) in [7, 11) is 1.68. The normalized spacial score (nSPS) is 10.7. The van der Waals surface area contributed by atoms with Gasteiger partial charge in [0, 0.05) is 29.8 Å². The van der Waals surface area contributed by atoms with Gasteiger partial charge in [0.2, 0.25) is 0 Å². The van der Waals surface area contributed by atoms with E-state index in [1.165, 1.54) is 11.1 Å². The maximum Gasteiger partial charge on any atom is 0.119 e. The van der Waals surface area contributed by atoms with Gasteiger partial charge in [0.05, 0.1) is 12.1 Å². The highest BCUT2D eigenvalue weighted by molar-refractivity contribution is 9.10. The van der Waals surface area contributed by atoms with Crippen LogP contribution in [-0.2, 0) is 13.0 Å². The standard InChI is InChI=1S/C18H16BrClN2O/c1-23-15-4-2-3-14(9-15)12-22-8-7-21-18(22)11-13-5-6-17(20)16(19)10-13/h2-10H,11-12H2,1H3. The van der Waals surface area contributed by atoms with E-state index in [2.05, 4.69) is 31.5 Å². The van der Waals surface area contributed by atoms with Crippen LogP contribution in [-0.4, -0.2) is 16.7 Å². The molecule has 0 aliphatic carbocycles. The summed E-state index contributed by atoms with van der Waals surface area (Å²) in [4.78, 5) is 4.49. The quantitative estimate of drug-likeness (QED) is 0.615. The number of ether oxygens (including phenoxy) is 1. The van der Waals surface area contributed by atoms with Gasteiger partial charge < -0.3 is 9.30 Å². The Bertz CT molecular complexity index is 816. The Morgan fingerprint density at radius 3 is 2.83 bits per heavy atom. The number of hydrogen-bond acceptors (Lipinski definition) is 2. The van der Waals surface area contributed by atoms with Crippen LogP contribution in [0.3, 0.4) is 0 Å². The van der Waals surface area contributed by atoms with E-state index in [9.17, 15) is 0 Å². The molecular formula is C18H16BrClN2O. The monoisotopic (exact) mass is 390 g/mol. The molecule has 0 N–H and O–H groups in total. The van der Waals surface area contributed by atoms with Gasteiger partial charge in [-0.15, -0.1) is 0 Å². The van der Waals surface area contributed by atoms with Crippen LogP contribution >= 0.6 is 27.5 Å². The summed E-state index contributed by atoms with van der Waals surface area (Å²) in [5.41, 5.74) is 2.35. The first-order valence-corrected chi connectivity index (χ1v) is 8.39. The van der Waals surface area contributed by atoms with E-state index in [0.717, 1.165) is 29.0 Å². The number of halogens is 2. The minimum atomic E-state index is 0.716. The fourth-order valence-electron chi connectivity index (χ4n) is 2.45. The molecule has 0 unspecified atom stereocenters. The molecule has 2 aromatic carbocycles. The van der Waals surface area contributed by atoms with Gasteiger partial charge >= 0.3 is 0 Å². The Labute approximate surface area is 149 Å². The summed E-state index contributed by atoms with van der Waals surface area (Å²) in [5, 5.41) is 0.716. The molecule has 0 radical (unpaired) electrons. The highest BCUT2D eigenvalue weighted by Crippen LogP contribution is 2.24. The predicted octanol–water partition coefficient (Wildman–Crippen LogP) is 4.95. The summed E-state index contributed by atoms with van der Waals surface area (Å²) in [6.07, 6.45) is 4.59. The molecule has 0 bridgehead atoms. The molecule has 0 spiro atoms. The summed E-state index contributed by atoms with van der Waals surface area (Å²) >= 11 is 9.52. The summed E-state index contributed by atoms with van der Waals surface area (Å²) < 4.78 is 8.34. The zero-order valence-corrected chi connectivity index (χ0v) is 15.0.